The van der Waals surface area contributed by atoms with Gasteiger partial charge < -0.3 is 5.73 Å². The Hall–Kier alpha value is -0.890. The summed E-state index contributed by atoms with van der Waals surface area (Å²) in [6.07, 6.45) is 3.38. The molecular formula is C8H11N2. The number of nitrogens with two attached hydrogens (primary N) is 1. The van der Waals surface area contributed by atoms with Gasteiger partial charge in [0.25, 0.3) is 0 Å². The van der Waals surface area contributed by atoms with Crippen LogP contribution >= 0.6 is 0 Å². The normalized spacial score (nSPS) is 11.5. The minimum Gasteiger partial charge on any atom is -0.322 e. The lowest BCUT2D eigenvalue weighted by Crippen LogP contribution is -2.28. The monoisotopic (exact) mass is 135 g/mol. The lowest BCUT2D eigenvalue weighted by atomic mass is 9.98. The van der Waals surface area contributed by atoms with Gasteiger partial charge in [-0.15, -0.1) is 0 Å². The van der Waals surface area contributed by atoms with E-state index in [2.05, 4.69) is 11.1 Å². The highest BCUT2D eigenvalue weighted by Crippen LogP contribution is 2.13. The molecule has 0 bridgehead atoms. The first-order valence-electron chi connectivity index (χ1n) is 3.21. The van der Waals surface area contributed by atoms with Crippen molar-refractivity contribution in [2.45, 2.75) is 19.4 Å². The molecular weight excluding hydrogens is 124 g/mol. The first kappa shape index (κ1) is 7.22. The highest BCUT2D eigenvalue weighted by Gasteiger charge is 2.12. The Morgan fingerprint density at radius 2 is 2.30 bits per heavy atom. The van der Waals surface area contributed by atoms with Gasteiger partial charge in [0.1, 0.15) is 0 Å². The third-order valence-corrected chi connectivity index (χ3v) is 1.35. The molecule has 1 aromatic heterocycles. The van der Waals surface area contributed by atoms with Gasteiger partial charge >= 0.3 is 0 Å². The highest BCUT2D eigenvalue weighted by atomic mass is 14.7. The zero-order valence-electron chi connectivity index (χ0n) is 6.26. The Labute approximate surface area is 61.1 Å². The Balaban J connectivity index is 2.97. The lowest BCUT2D eigenvalue weighted by Gasteiger charge is -2.17. The maximum absolute atomic E-state index is 5.80. The largest absolute Gasteiger partial charge is 0.322 e. The summed E-state index contributed by atoms with van der Waals surface area (Å²) < 4.78 is 0. The van der Waals surface area contributed by atoms with Gasteiger partial charge in [0.05, 0.1) is 0 Å². The van der Waals surface area contributed by atoms with E-state index < -0.39 is 0 Å². The predicted molar refractivity (Wildman–Crippen MR) is 40.3 cm³/mol. The first-order chi connectivity index (χ1) is 4.61. The van der Waals surface area contributed by atoms with Crippen LogP contribution in [-0.4, -0.2) is 4.98 Å². The summed E-state index contributed by atoms with van der Waals surface area (Å²) in [4.78, 5) is 3.92. The lowest BCUT2D eigenvalue weighted by molar-refractivity contribution is 0.552. The van der Waals surface area contributed by atoms with Crippen molar-refractivity contribution < 1.29 is 0 Å². The molecule has 1 aromatic rings. The summed E-state index contributed by atoms with van der Waals surface area (Å²) in [6.45, 7) is 3.88. The van der Waals surface area contributed by atoms with E-state index >= 15 is 0 Å². The summed E-state index contributed by atoms with van der Waals surface area (Å²) >= 11 is 0. The predicted octanol–water partition coefficient (Wildman–Crippen LogP) is 1.08. The molecule has 0 aliphatic rings. The Morgan fingerprint density at radius 1 is 1.60 bits per heavy atom. The zero-order chi connectivity index (χ0) is 7.61. The third-order valence-electron chi connectivity index (χ3n) is 1.35. The molecule has 0 aliphatic heterocycles. The van der Waals surface area contributed by atoms with Gasteiger partial charge in [0, 0.05) is 24.0 Å². The second-order valence-corrected chi connectivity index (χ2v) is 2.90. The molecule has 0 amide bonds. The fourth-order valence-corrected chi connectivity index (χ4v) is 0.677. The van der Waals surface area contributed by atoms with Crippen molar-refractivity contribution in [3.8, 4) is 0 Å². The minimum absolute atomic E-state index is 0.301. The molecule has 0 aliphatic carbocycles. The van der Waals surface area contributed by atoms with Gasteiger partial charge in [-0.25, -0.2) is 0 Å². The van der Waals surface area contributed by atoms with Gasteiger partial charge in [-0.2, -0.15) is 0 Å². The van der Waals surface area contributed by atoms with Crippen LogP contribution in [-0.2, 0) is 5.54 Å². The number of aromatic nitrogens is 1. The van der Waals surface area contributed by atoms with Gasteiger partial charge in [-0.1, -0.05) is 0 Å². The highest BCUT2D eigenvalue weighted by molar-refractivity contribution is 5.16. The van der Waals surface area contributed by atoms with Crippen LogP contribution in [0.5, 0.6) is 0 Å². The molecule has 1 rings (SSSR count). The average molecular weight is 135 g/mol. The van der Waals surface area contributed by atoms with Gasteiger partial charge in [-0.05, 0) is 25.5 Å². The molecule has 0 saturated carbocycles. The van der Waals surface area contributed by atoms with Crippen LogP contribution in [0, 0.1) is 6.07 Å². The number of hydrogen-bond donors (Lipinski definition) is 1. The number of rotatable bonds is 1. The number of nitrogens with zero attached hydrogens (tertiary/aromatic N) is 1. The maximum atomic E-state index is 5.80. The first-order valence-corrected chi connectivity index (χ1v) is 3.21. The molecule has 0 unspecified atom stereocenters. The topological polar surface area (TPSA) is 38.9 Å². The SMILES string of the molecule is CC(C)(N)c1c[c]cnc1. The van der Waals surface area contributed by atoms with Crippen LogP contribution in [0.3, 0.4) is 0 Å². The van der Waals surface area contributed by atoms with Crippen molar-refractivity contribution >= 4 is 0 Å². The van der Waals surface area contributed by atoms with Crippen LogP contribution in [0.4, 0.5) is 0 Å². The van der Waals surface area contributed by atoms with Gasteiger partial charge in [0.15, 0.2) is 0 Å². The quantitative estimate of drug-likeness (QED) is 0.625. The van der Waals surface area contributed by atoms with Gasteiger partial charge in [-0.3, -0.25) is 4.98 Å². The summed E-state index contributed by atoms with van der Waals surface area (Å²) in [6, 6.07) is 4.73. The molecule has 0 fully saturated rings. The van der Waals surface area contributed by atoms with E-state index in [0.29, 0.717) is 0 Å². The second-order valence-electron chi connectivity index (χ2n) is 2.90. The van der Waals surface area contributed by atoms with Crippen molar-refractivity contribution in [2.24, 2.45) is 5.73 Å². The smallest absolute Gasteiger partial charge is 0.0367 e. The van der Waals surface area contributed by atoms with E-state index in [-0.39, 0.29) is 5.54 Å². The molecule has 0 saturated heterocycles. The zero-order valence-corrected chi connectivity index (χ0v) is 6.26. The number of pyridine rings is 1. The van der Waals surface area contributed by atoms with E-state index in [0.717, 1.165) is 5.56 Å². The van der Waals surface area contributed by atoms with Gasteiger partial charge in [0.2, 0.25) is 0 Å². The third kappa shape index (κ3) is 1.54. The molecule has 0 atom stereocenters. The van der Waals surface area contributed by atoms with Crippen molar-refractivity contribution in [2.75, 3.05) is 0 Å². The van der Waals surface area contributed by atoms with Crippen LogP contribution in [0.25, 0.3) is 0 Å². The molecule has 2 nitrogen and oxygen atoms in total. The second kappa shape index (κ2) is 2.39. The standard InChI is InChI=1S/C8H11N2/c1-8(2,9)7-4-3-5-10-6-7/h4-6H,9H2,1-2H3. The molecule has 0 aromatic carbocycles. The summed E-state index contributed by atoms with van der Waals surface area (Å²) in [5.41, 5.74) is 6.51. The van der Waals surface area contributed by atoms with E-state index in [1.165, 1.54) is 0 Å². The van der Waals surface area contributed by atoms with Crippen LogP contribution in [0.2, 0.25) is 0 Å². The minimum atomic E-state index is -0.301. The van der Waals surface area contributed by atoms with Crippen LogP contribution in [0.15, 0.2) is 18.5 Å². The van der Waals surface area contributed by atoms with Crippen molar-refractivity contribution in [3.63, 3.8) is 0 Å². The maximum Gasteiger partial charge on any atom is 0.0367 e. The van der Waals surface area contributed by atoms with E-state index in [9.17, 15) is 0 Å². The van der Waals surface area contributed by atoms with Crippen LogP contribution in [0.1, 0.15) is 19.4 Å². The Kier molecular flexibility index (Phi) is 1.72. The molecule has 2 heteroatoms. The fraction of sp³-hybridized carbons (Fsp3) is 0.375. The van der Waals surface area contributed by atoms with Crippen molar-refractivity contribution in [1.82, 2.24) is 4.98 Å². The molecule has 1 heterocycles. The molecule has 1 radical (unpaired) electrons. The summed E-state index contributed by atoms with van der Waals surface area (Å²) in [5.74, 6) is 0. The number of hydrogen-bond acceptors (Lipinski definition) is 2. The molecule has 2 N–H and O–H groups in total. The average Bonchev–Trinajstić information content (AvgIpc) is 1.88. The van der Waals surface area contributed by atoms with E-state index in [4.69, 9.17) is 5.73 Å². The molecule has 53 valence electrons. The fourth-order valence-electron chi connectivity index (χ4n) is 0.677. The van der Waals surface area contributed by atoms with E-state index in [1.54, 1.807) is 12.4 Å². The summed E-state index contributed by atoms with van der Waals surface area (Å²) in [5, 5.41) is 0. The Bertz CT molecular complexity index is 198. The molecule has 0 spiro atoms. The Morgan fingerprint density at radius 3 is 2.60 bits per heavy atom. The molecule has 10 heavy (non-hydrogen) atoms. The van der Waals surface area contributed by atoms with E-state index in [1.807, 2.05) is 19.9 Å². The van der Waals surface area contributed by atoms with Crippen molar-refractivity contribution in [1.29, 1.82) is 0 Å². The van der Waals surface area contributed by atoms with Crippen LogP contribution < -0.4 is 5.73 Å². The summed E-state index contributed by atoms with van der Waals surface area (Å²) in [7, 11) is 0. The van der Waals surface area contributed by atoms with Crippen molar-refractivity contribution in [3.05, 3.63) is 30.1 Å².